The standard InChI is InChI=1S/C12H14ClN3O3/c1-19-9-3-2-7(4-8(9)13)6-16-10(14)5-11(17)15-12(16)18/h2-4,10H,5-6,14H2,1H3,(H,15,17,18). The van der Waals surface area contributed by atoms with Crippen molar-refractivity contribution in [3.8, 4) is 5.75 Å². The minimum absolute atomic E-state index is 0.0929. The van der Waals surface area contributed by atoms with Gasteiger partial charge in [-0.05, 0) is 17.7 Å². The maximum absolute atomic E-state index is 11.7. The first-order valence-electron chi connectivity index (χ1n) is 5.69. The molecule has 1 aliphatic rings. The Morgan fingerprint density at radius 3 is 2.84 bits per heavy atom. The topological polar surface area (TPSA) is 84.7 Å². The van der Waals surface area contributed by atoms with E-state index >= 15 is 0 Å². The second-order valence-corrected chi connectivity index (χ2v) is 4.63. The summed E-state index contributed by atoms with van der Waals surface area (Å²) < 4.78 is 5.05. The Morgan fingerprint density at radius 1 is 1.53 bits per heavy atom. The summed E-state index contributed by atoms with van der Waals surface area (Å²) in [5.74, 6) is 0.203. The van der Waals surface area contributed by atoms with Gasteiger partial charge in [0.15, 0.2) is 0 Å². The van der Waals surface area contributed by atoms with Crippen molar-refractivity contribution in [2.45, 2.75) is 19.1 Å². The van der Waals surface area contributed by atoms with Gasteiger partial charge in [0.25, 0.3) is 0 Å². The molecule has 0 bridgehead atoms. The summed E-state index contributed by atoms with van der Waals surface area (Å²) in [5.41, 5.74) is 6.60. The van der Waals surface area contributed by atoms with Crippen molar-refractivity contribution in [1.29, 1.82) is 0 Å². The van der Waals surface area contributed by atoms with Crippen LogP contribution in [0.5, 0.6) is 5.75 Å². The van der Waals surface area contributed by atoms with E-state index in [-0.39, 0.29) is 18.9 Å². The number of ether oxygens (including phenoxy) is 1. The van der Waals surface area contributed by atoms with Crippen molar-refractivity contribution >= 4 is 23.5 Å². The van der Waals surface area contributed by atoms with Gasteiger partial charge in [0.1, 0.15) is 5.75 Å². The lowest BCUT2D eigenvalue weighted by molar-refractivity contribution is -0.122. The smallest absolute Gasteiger partial charge is 0.325 e. The average molecular weight is 284 g/mol. The number of urea groups is 1. The molecule has 1 heterocycles. The van der Waals surface area contributed by atoms with Crippen molar-refractivity contribution in [3.05, 3.63) is 28.8 Å². The van der Waals surface area contributed by atoms with Gasteiger partial charge in [0.05, 0.1) is 24.7 Å². The number of rotatable bonds is 3. The Balaban J connectivity index is 2.14. The molecule has 0 spiro atoms. The molecule has 2 rings (SSSR count). The molecule has 3 amide bonds. The van der Waals surface area contributed by atoms with Crippen LogP contribution in [0.4, 0.5) is 4.79 Å². The summed E-state index contributed by atoms with van der Waals surface area (Å²) in [6, 6.07) is 4.73. The van der Waals surface area contributed by atoms with Gasteiger partial charge in [-0.3, -0.25) is 10.1 Å². The van der Waals surface area contributed by atoms with Crippen molar-refractivity contribution in [3.63, 3.8) is 0 Å². The summed E-state index contributed by atoms with van der Waals surface area (Å²) in [5, 5.41) is 2.69. The Kier molecular flexibility index (Phi) is 3.92. The molecular formula is C12H14ClN3O3. The fourth-order valence-corrected chi connectivity index (χ4v) is 2.17. The molecule has 3 N–H and O–H groups in total. The summed E-state index contributed by atoms with van der Waals surface area (Å²) in [6.07, 6.45) is -0.530. The number of nitrogens with one attached hydrogen (secondary N) is 1. The van der Waals surface area contributed by atoms with Gasteiger partial charge in [-0.25, -0.2) is 4.79 Å². The highest BCUT2D eigenvalue weighted by Crippen LogP contribution is 2.26. The zero-order valence-electron chi connectivity index (χ0n) is 10.4. The molecule has 1 aromatic carbocycles. The number of hydrogen-bond donors (Lipinski definition) is 2. The quantitative estimate of drug-likeness (QED) is 0.869. The molecule has 0 aliphatic carbocycles. The van der Waals surface area contributed by atoms with Gasteiger partial charge in [-0.15, -0.1) is 0 Å². The third-order valence-corrected chi connectivity index (χ3v) is 3.17. The molecule has 7 heteroatoms. The molecule has 0 saturated carbocycles. The van der Waals surface area contributed by atoms with E-state index in [1.54, 1.807) is 18.2 Å². The summed E-state index contributed by atoms with van der Waals surface area (Å²) in [7, 11) is 1.53. The molecule has 0 radical (unpaired) electrons. The number of methoxy groups -OCH3 is 1. The molecule has 1 aliphatic heterocycles. The highest BCUT2D eigenvalue weighted by atomic mass is 35.5. The Labute approximate surface area is 115 Å². The highest BCUT2D eigenvalue weighted by Gasteiger charge is 2.29. The predicted molar refractivity (Wildman–Crippen MR) is 69.7 cm³/mol. The number of carbonyl (C=O) groups is 2. The number of carbonyl (C=O) groups excluding carboxylic acids is 2. The lowest BCUT2D eigenvalue weighted by Crippen LogP contribution is -2.57. The molecule has 102 valence electrons. The van der Waals surface area contributed by atoms with E-state index in [4.69, 9.17) is 22.1 Å². The summed E-state index contributed by atoms with van der Waals surface area (Å²) >= 11 is 6.01. The first-order valence-corrected chi connectivity index (χ1v) is 6.07. The van der Waals surface area contributed by atoms with Crippen LogP contribution in [0.3, 0.4) is 0 Å². The van der Waals surface area contributed by atoms with Gasteiger partial charge in [0.2, 0.25) is 5.91 Å². The zero-order chi connectivity index (χ0) is 14.0. The van der Waals surface area contributed by atoms with E-state index in [0.717, 1.165) is 5.56 Å². The van der Waals surface area contributed by atoms with E-state index in [1.165, 1.54) is 12.0 Å². The van der Waals surface area contributed by atoms with E-state index in [2.05, 4.69) is 5.32 Å². The second kappa shape index (κ2) is 5.46. The van der Waals surface area contributed by atoms with Crippen molar-refractivity contribution in [2.24, 2.45) is 5.73 Å². The van der Waals surface area contributed by atoms with Crippen LogP contribution >= 0.6 is 11.6 Å². The van der Waals surface area contributed by atoms with Crippen LogP contribution in [0.2, 0.25) is 5.02 Å². The molecule has 1 unspecified atom stereocenters. The minimum Gasteiger partial charge on any atom is -0.495 e. The highest BCUT2D eigenvalue weighted by molar-refractivity contribution is 6.32. The van der Waals surface area contributed by atoms with Crippen LogP contribution in [0, 0.1) is 0 Å². The van der Waals surface area contributed by atoms with Crippen molar-refractivity contribution < 1.29 is 14.3 Å². The number of imide groups is 1. The molecule has 1 aromatic rings. The van der Waals surface area contributed by atoms with Crippen LogP contribution < -0.4 is 15.8 Å². The van der Waals surface area contributed by atoms with Gasteiger partial charge in [0, 0.05) is 6.54 Å². The number of nitrogens with two attached hydrogens (primary N) is 1. The molecule has 19 heavy (non-hydrogen) atoms. The number of amides is 3. The lowest BCUT2D eigenvalue weighted by Gasteiger charge is -2.32. The predicted octanol–water partition coefficient (Wildman–Crippen LogP) is 1.08. The molecule has 0 aromatic heterocycles. The first kappa shape index (κ1) is 13.6. The summed E-state index contributed by atoms with van der Waals surface area (Å²) in [4.78, 5) is 24.2. The van der Waals surface area contributed by atoms with Crippen LogP contribution in [-0.4, -0.2) is 30.1 Å². The van der Waals surface area contributed by atoms with Crippen LogP contribution in [-0.2, 0) is 11.3 Å². The van der Waals surface area contributed by atoms with Gasteiger partial charge in [-0.2, -0.15) is 0 Å². The van der Waals surface area contributed by atoms with E-state index < -0.39 is 12.2 Å². The monoisotopic (exact) mass is 283 g/mol. The second-order valence-electron chi connectivity index (χ2n) is 4.22. The molecule has 1 atom stereocenters. The van der Waals surface area contributed by atoms with E-state index in [1.807, 2.05) is 0 Å². The molecule has 1 fully saturated rings. The molecular weight excluding hydrogens is 270 g/mol. The van der Waals surface area contributed by atoms with Gasteiger partial charge >= 0.3 is 6.03 Å². The van der Waals surface area contributed by atoms with Crippen molar-refractivity contribution in [2.75, 3.05) is 7.11 Å². The van der Waals surface area contributed by atoms with E-state index in [9.17, 15) is 9.59 Å². The normalized spacial score (nSPS) is 19.3. The fraction of sp³-hybridized carbons (Fsp3) is 0.333. The van der Waals surface area contributed by atoms with Crippen LogP contribution in [0.1, 0.15) is 12.0 Å². The molecule has 1 saturated heterocycles. The van der Waals surface area contributed by atoms with Gasteiger partial charge < -0.3 is 15.4 Å². The summed E-state index contributed by atoms with van der Waals surface area (Å²) in [6.45, 7) is 0.282. The number of benzene rings is 1. The minimum atomic E-state index is -0.623. The Bertz CT molecular complexity index is 521. The van der Waals surface area contributed by atoms with Gasteiger partial charge in [-0.1, -0.05) is 17.7 Å². The number of nitrogens with zero attached hydrogens (tertiary/aromatic N) is 1. The Morgan fingerprint density at radius 2 is 2.26 bits per heavy atom. The average Bonchev–Trinajstić information content (AvgIpc) is 2.34. The maximum atomic E-state index is 11.7. The van der Waals surface area contributed by atoms with Crippen LogP contribution in [0.25, 0.3) is 0 Å². The van der Waals surface area contributed by atoms with Crippen LogP contribution in [0.15, 0.2) is 18.2 Å². The first-order chi connectivity index (χ1) is 9.01. The number of hydrogen-bond acceptors (Lipinski definition) is 4. The number of halogens is 1. The maximum Gasteiger partial charge on any atom is 0.325 e. The van der Waals surface area contributed by atoms with E-state index in [0.29, 0.717) is 10.8 Å². The van der Waals surface area contributed by atoms with Crippen molar-refractivity contribution in [1.82, 2.24) is 10.2 Å². The fourth-order valence-electron chi connectivity index (χ4n) is 1.89. The molecule has 6 nitrogen and oxygen atoms in total. The third kappa shape index (κ3) is 2.97. The zero-order valence-corrected chi connectivity index (χ0v) is 11.1. The lowest BCUT2D eigenvalue weighted by atomic mass is 10.1. The third-order valence-electron chi connectivity index (χ3n) is 2.87. The largest absolute Gasteiger partial charge is 0.495 e. The Hall–Kier alpha value is -1.79. The SMILES string of the molecule is COc1ccc(CN2C(=O)NC(=O)CC2N)cc1Cl.